The smallest absolute Gasteiger partial charge is 0.279 e. The maximum absolute atomic E-state index is 13.5. The zero-order valence-electron chi connectivity index (χ0n) is 13.6. The van der Waals surface area contributed by atoms with Crippen molar-refractivity contribution in [1.29, 1.82) is 0 Å². The second-order valence-corrected chi connectivity index (χ2v) is 6.28. The SMILES string of the molecule is CC[NH+](CC(=O)Nc1ccccc1F)CC(=O)NC(C)(C)C. The summed E-state index contributed by atoms with van der Waals surface area (Å²) in [6.45, 7) is 8.56. The summed E-state index contributed by atoms with van der Waals surface area (Å²) >= 11 is 0. The Hall–Kier alpha value is -1.95. The first kappa shape index (κ1) is 18.1. The van der Waals surface area contributed by atoms with Crippen molar-refractivity contribution in [2.75, 3.05) is 25.0 Å². The molecule has 0 bridgehead atoms. The molecule has 0 aromatic heterocycles. The van der Waals surface area contributed by atoms with E-state index < -0.39 is 5.82 Å². The molecule has 0 saturated carbocycles. The summed E-state index contributed by atoms with van der Waals surface area (Å²) in [5, 5.41) is 5.39. The summed E-state index contributed by atoms with van der Waals surface area (Å²) in [6, 6.07) is 6.01. The van der Waals surface area contributed by atoms with Gasteiger partial charge in [-0.25, -0.2) is 4.39 Å². The van der Waals surface area contributed by atoms with Crippen molar-refractivity contribution < 1.29 is 18.9 Å². The number of carbonyl (C=O) groups excluding carboxylic acids is 2. The second-order valence-electron chi connectivity index (χ2n) is 6.28. The number of quaternary nitrogens is 1. The Balaban J connectivity index is 2.53. The average Bonchev–Trinajstić information content (AvgIpc) is 2.38. The first-order valence-corrected chi connectivity index (χ1v) is 7.40. The summed E-state index contributed by atoms with van der Waals surface area (Å²) in [5.41, 5.74) is -0.146. The van der Waals surface area contributed by atoms with Crippen LogP contribution in [0.15, 0.2) is 24.3 Å². The van der Waals surface area contributed by atoms with Crippen LogP contribution in [0.2, 0.25) is 0 Å². The van der Waals surface area contributed by atoms with Crippen LogP contribution in [0.5, 0.6) is 0 Å². The minimum Gasteiger partial charge on any atom is -0.347 e. The lowest BCUT2D eigenvalue weighted by atomic mass is 10.1. The minimum absolute atomic E-state index is 0.108. The molecule has 0 spiro atoms. The predicted octanol–water partition coefficient (Wildman–Crippen LogP) is 0.584. The van der Waals surface area contributed by atoms with Crippen LogP contribution >= 0.6 is 0 Å². The van der Waals surface area contributed by atoms with Gasteiger partial charge in [0, 0.05) is 5.54 Å². The van der Waals surface area contributed by atoms with Crippen LogP contribution < -0.4 is 15.5 Å². The van der Waals surface area contributed by atoms with E-state index in [0.717, 1.165) is 4.90 Å². The van der Waals surface area contributed by atoms with Crippen LogP contribution in [0.3, 0.4) is 0 Å². The predicted molar refractivity (Wildman–Crippen MR) is 84.2 cm³/mol. The fourth-order valence-electron chi connectivity index (χ4n) is 1.99. The number of amides is 2. The lowest BCUT2D eigenvalue weighted by molar-refractivity contribution is -0.881. The van der Waals surface area contributed by atoms with E-state index in [1.165, 1.54) is 12.1 Å². The lowest BCUT2D eigenvalue weighted by Gasteiger charge is -2.23. The van der Waals surface area contributed by atoms with E-state index in [4.69, 9.17) is 0 Å². The van der Waals surface area contributed by atoms with E-state index in [9.17, 15) is 14.0 Å². The molecule has 0 heterocycles. The molecule has 22 heavy (non-hydrogen) atoms. The van der Waals surface area contributed by atoms with Gasteiger partial charge in [0.05, 0.1) is 12.2 Å². The molecule has 6 heteroatoms. The molecule has 0 aliphatic heterocycles. The molecule has 0 aliphatic carbocycles. The normalized spacial score (nSPS) is 12.6. The minimum atomic E-state index is -0.473. The fraction of sp³-hybridized carbons (Fsp3) is 0.500. The monoisotopic (exact) mass is 310 g/mol. The Labute approximate surface area is 130 Å². The van der Waals surface area contributed by atoms with Gasteiger partial charge in [-0.15, -0.1) is 0 Å². The largest absolute Gasteiger partial charge is 0.347 e. The average molecular weight is 310 g/mol. The highest BCUT2D eigenvalue weighted by atomic mass is 19.1. The van der Waals surface area contributed by atoms with Gasteiger partial charge in [-0.2, -0.15) is 0 Å². The third kappa shape index (κ3) is 6.67. The van der Waals surface area contributed by atoms with E-state index >= 15 is 0 Å². The van der Waals surface area contributed by atoms with Crippen molar-refractivity contribution in [2.45, 2.75) is 33.2 Å². The molecule has 1 atom stereocenters. The number of hydrogen-bond donors (Lipinski definition) is 3. The highest BCUT2D eigenvalue weighted by Gasteiger charge is 2.20. The molecule has 1 rings (SSSR count). The van der Waals surface area contributed by atoms with E-state index in [-0.39, 0.29) is 36.1 Å². The number of rotatable bonds is 6. The molecular formula is C16H25FN3O2+. The van der Waals surface area contributed by atoms with Crippen molar-refractivity contribution >= 4 is 17.5 Å². The molecule has 2 amide bonds. The summed E-state index contributed by atoms with van der Waals surface area (Å²) in [6.07, 6.45) is 0. The molecule has 0 fully saturated rings. The molecule has 1 unspecified atom stereocenters. The number of likely N-dealkylation sites (N-methyl/N-ethyl adjacent to an activating group) is 1. The van der Waals surface area contributed by atoms with Crippen molar-refractivity contribution in [2.24, 2.45) is 0 Å². The maximum atomic E-state index is 13.5. The highest BCUT2D eigenvalue weighted by Crippen LogP contribution is 2.11. The van der Waals surface area contributed by atoms with Gasteiger partial charge >= 0.3 is 0 Å². The van der Waals surface area contributed by atoms with Crippen molar-refractivity contribution in [3.8, 4) is 0 Å². The van der Waals surface area contributed by atoms with Crippen LogP contribution in [0, 0.1) is 5.82 Å². The first-order valence-electron chi connectivity index (χ1n) is 7.40. The van der Waals surface area contributed by atoms with Gasteiger partial charge in [0.2, 0.25) is 0 Å². The number of anilines is 1. The van der Waals surface area contributed by atoms with Gasteiger partial charge in [-0.1, -0.05) is 12.1 Å². The zero-order chi connectivity index (χ0) is 16.8. The van der Waals surface area contributed by atoms with Crippen LogP contribution in [-0.4, -0.2) is 37.0 Å². The van der Waals surface area contributed by atoms with E-state index in [0.29, 0.717) is 6.54 Å². The van der Waals surface area contributed by atoms with Gasteiger partial charge < -0.3 is 15.5 Å². The fourth-order valence-corrected chi connectivity index (χ4v) is 1.99. The number of carbonyl (C=O) groups is 2. The number of para-hydroxylation sites is 1. The third-order valence-electron chi connectivity index (χ3n) is 2.98. The molecule has 0 radical (unpaired) electrons. The lowest BCUT2D eigenvalue weighted by Crippen LogP contribution is -3.14. The standard InChI is InChI=1S/C16H24FN3O2/c1-5-20(11-15(22)19-16(2,3)4)10-14(21)18-13-9-7-6-8-12(13)17/h6-9H,5,10-11H2,1-4H3,(H,18,21)(H,19,22)/p+1. The van der Waals surface area contributed by atoms with Crippen LogP contribution in [0.25, 0.3) is 0 Å². The van der Waals surface area contributed by atoms with E-state index in [1.54, 1.807) is 12.1 Å². The zero-order valence-corrected chi connectivity index (χ0v) is 13.6. The number of nitrogens with one attached hydrogen (secondary N) is 3. The Bertz CT molecular complexity index is 526. The summed E-state index contributed by atoms with van der Waals surface area (Å²) in [5.74, 6) is -0.895. The maximum Gasteiger partial charge on any atom is 0.279 e. The number of halogens is 1. The van der Waals surface area contributed by atoms with E-state index in [2.05, 4.69) is 10.6 Å². The Morgan fingerprint density at radius 3 is 2.27 bits per heavy atom. The summed E-state index contributed by atoms with van der Waals surface area (Å²) in [4.78, 5) is 24.7. The molecule has 122 valence electrons. The molecule has 3 N–H and O–H groups in total. The number of hydrogen-bond acceptors (Lipinski definition) is 2. The van der Waals surface area contributed by atoms with Crippen LogP contribution in [0.1, 0.15) is 27.7 Å². The molecule has 5 nitrogen and oxygen atoms in total. The Morgan fingerprint density at radius 2 is 1.73 bits per heavy atom. The topological polar surface area (TPSA) is 62.6 Å². The molecule has 1 aromatic carbocycles. The Kier molecular flexibility index (Phi) is 6.49. The summed E-state index contributed by atoms with van der Waals surface area (Å²) < 4.78 is 13.5. The Morgan fingerprint density at radius 1 is 1.14 bits per heavy atom. The number of benzene rings is 1. The van der Waals surface area contributed by atoms with Crippen LogP contribution in [0.4, 0.5) is 10.1 Å². The third-order valence-corrected chi connectivity index (χ3v) is 2.98. The van der Waals surface area contributed by atoms with Gasteiger partial charge in [0.1, 0.15) is 5.82 Å². The first-order chi connectivity index (χ1) is 10.2. The van der Waals surface area contributed by atoms with Crippen molar-refractivity contribution in [3.05, 3.63) is 30.1 Å². The van der Waals surface area contributed by atoms with Crippen molar-refractivity contribution in [1.82, 2.24) is 5.32 Å². The van der Waals surface area contributed by atoms with E-state index in [1.807, 2.05) is 27.7 Å². The molecule has 0 aliphatic rings. The molecule has 1 aromatic rings. The van der Waals surface area contributed by atoms with Gasteiger partial charge in [-0.3, -0.25) is 9.59 Å². The molecule has 0 saturated heterocycles. The van der Waals surface area contributed by atoms with Gasteiger partial charge in [-0.05, 0) is 39.8 Å². The molecular weight excluding hydrogens is 285 g/mol. The van der Waals surface area contributed by atoms with Gasteiger partial charge in [0.25, 0.3) is 11.8 Å². The second kappa shape index (κ2) is 7.89. The van der Waals surface area contributed by atoms with Crippen molar-refractivity contribution in [3.63, 3.8) is 0 Å². The van der Waals surface area contributed by atoms with Gasteiger partial charge in [0.15, 0.2) is 13.1 Å². The highest BCUT2D eigenvalue weighted by molar-refractivity contribution is 5.91. The quantitative estimate of drug-likeness (QED) is 0.720. The summed E-state index contributed by atoms with van der Waals surface area (Å²) in [7, 11) is 0. The van der Waals surface area contributed by atoms with Crippen LogP contribution in [-0.2, 0) is 9.59 Å².